The number of rotatable bonds is 9. The fourth-order valence-corrected chi connectivity index (χ4v) is 3.44. The summed E-state index contributed by atoms with van der Waals surface area (Å²) in [5, 5.41) is 13.0. The molecule has 2 N–H and O–H groups in total. The van der Waals surface area contributed by atoms with Crippen molar-refractivity contribution < 1.29 is 23.8 Å². The summed E-state index contributed by atoms with van der Waals surface area (Å²) in [5.74, 6) is -1.22. The molecule has 0 atom stereocenters. The largest absolute Gasteiger partial charge is 0.487 e. The molecule has 1 aromatic heterocycles. The summed E-state index contributed by atoms with van der Waals surface area (Å²) in [5.41, 5.74) is 0.295. The van der Waals surface area contributed by atoms with Crippen LogP contribution in [-0.4, -0.2) is 22.0 Å². The number of nitrogens with zero attached hydrogens (tertiary/aromatic N) is 1. The average molecular weight is 424 g/mol. The highest BCUT2D eigenvalue weighted by Crippen LogP contribution is 2.31. The second-order valence-electron chi connectivity index (χ2n) is 7.45. The van der Waals surface area contributed by atoms with Gasteiger partial charge in [0.25, 0.3) is 0 Å². The van der Waals surface area contributed by atoms with Gasteiger partial charge in [0, 0.05) is 23.6 Å². The van der Waals surface area contributed by atoms with Crippen LogP contribution in [0.2, 0.25) is 0 Å². The number of ether oxygens (including phenoxy) is 1. The molecule has 3 aromatic rings. The number of carboxylic acid groups (broad SMARTS) is 1. The minimum atomic E-state index is -1.07. The Kier molecular flexibility index (Phi) is 6.84. The monoisotopic (exact) mass is 424 g/mol. The summed E-state index contributed by atoms with van der Waals surface area (Å²) in [6.45, 7) is 3.67. The van der Waals surface area contributed by atoms with Gasteiger partial charge in [-0.1, -0.05) is 38.1 Å². The number of fused-ring (bicyclic) bond motifs is 1. The highest BCUT2D eigenvalue weighted by Gasteiger charge is 2.37. The van der Waals surface area contributed by atoms with Crippen LogP contribution < -0.4 is 10.1 Å². The maximum atomic E-state index is 13.9. The first-order chi connectivity index (χ1) is 14.9. The van der Waals surface area contributed by atoms with Crippen LogP contribution in [0.3, 0.4) is 0 Å². The number of carbonyl (C=O) groups excluding carboxylic acids is 1. The normalized spacial score (nSPS) is 11.3. The summed E-state index contributed by atoms with van der Waals surface area (Å²) < 4.78 is 19.7. The van der Waals surface area contributed by atoms with Gasteiger partial charge in [-0.3, -0.25) is 9.59 Å². The van der Waals surface area contributed by atoms with Gasteiger partial charge in [0.2, 0.25) is 5.91 Å². The first-order valence-corrected chi connectivity index (χ1v) is 10.2. The lowest BCUT2D eigenvalue weighted by atomic mass is 9.79. The van der Waals surface area contributed by atoms with Gasteiger partial charge in [-0.25, -0.2) is 9.37 Å². The van der Waals surface area contributed by atoms with E-state index in [2.05, 4.69) is 10.3 Å². The summed E-state index contributed by atoms with van der Waals surface area (Å²) in [6, 6.07) is 15.2. The first-order valence-electron chi connectivity index (χ1n) is 10.2. The lowest BCUT2D eigenvalue weighted by molar-refractivity contribution is -0.151. The summed E-state index contributed by atoms with van der Waals surface area (Å²) in [6.07, 6.45) is 0.635. The summed E-state index contributed by atoms with van der Waals surface area (Å²) >= 11 is 0. The second-order valence-corrected chi connectivity index (χ2v) is 7.45. The fourth-order valence-electron chi connectivity index (χ4n) is 3.44. The predicted octanol–water partition coefficient (Wildman–Crippen LogP) is 5.17. The molecule has 0 saturated heterocycles. The third-order valence-electron chi connectivity index (χ3n) is 5.54. The summed E-state index contributed by atoms with van der Waals surface area (Å²) in [4.78, 5) is 28.4. The number of nitrogens with one attached hydrogen (secondary N) is 1. The molecule has 162 valence electrons. The molecule has 7 heteroatoms. The van der Waals surface area contributed by atoms with Crippen LogP contribution in [0.25, 0.3) is 10.9 Å². The Balaban J connectivity index is 1.66. The molecule has 0 bridgehead atoms. The smallest absolute Gasteiger partial charge is 0.310 e. The Labute approximate surface area is 180 Å². The number of pyridine rings is 1. The number of para-hydroxylation sites is 1. The van der Waals surface area contributed by atoms with Gasteiger partial charge in [-0.05, 0) is 37.1 Å². The molecule has 1 amide bonds. The Morgan fingerprint density at radius 1 is 1.10 bits per heavy atom. The van der Waals surface area contributed by atoms with E-state index in [4.69, 9.17) is 4.74 Å². The van der Waals surface area contributed by atoms with E-state index >= 15 is 0 Å². The molecule has 3 rings (SSSR count). The van der Waals surface area contributed by atoms with Crippen molar-refractivity contribution in [1.82, 2.24) is 4.98 Å². The van der Waals surface area contributed by atoms with Gasteiger partial charge in [0.1, 0.15) is 23.7 Å². The van der Waals surface area contributed by atoms with Crippen molar-refractivity contribution in [2.75, 3.05) is 5.32 Å². The maximum absolute atomic E-state index is 13.9. The van der Waals surface area contributed by atoms with Crippen LogP contribution >= 0.6 is 0 Å². The third-order valence-corrected chi connectivity index (χ3v) is 5.54. The number of carbonyl (C=O) groups is 2. The van der Waals surface area contributed by atoms with E-state index < -0.39 is 11.4 Å². The average Bonchev–Trinajstić information content (AvgIpc) is 2.76. The maximum Gasteiger partial charge on any atom is 0.310 e. The third kappa shape index (κ3) is 5.17. The number of halogens is 1. The highest BCUT2D eigenvalue weighted by atomic mass is 19.1. The number of amides is 1. The van der Waals surface area contributed by atoms with Crippen LogP contribution in [0.4, 0.5) is 10.1 Å². The quantitative estimate of drug-likeness (QED) is 0.495. The van der Waals surface area contributed by atoms with E-state index in [1.165, 1.54) is 6.07 Å². The number of benzene rings is 2. The molecular formula is C24H25FN2O4. The van der Waals surface area contributed by atoms with E-state index in [0.29, 0.717) is 40.9 Å². The zero-order valence-electron chi connectivity index (χ0n) is 17.5. The van der Waals surface area contributed by atoms with Crippen LogP contribution in [0.15, 0.2) is 54.6 Å². The molecule has 0 aliphatic rings. The lowest BCUT2D eigenvalue weighted by Crippen LogP contribution is -2.34. The molecule has 0 aliphatic carbocycles. The number of aliphatic carboxylic acids is 1. The zero-order chi connectivity index (χ0) is 22.4. The number of anilines is 1. The molecule has 31 heavy (non-hydrogen) atoms. The van der Waals surface area contributed by atoms with E-state index in [1.54, 1.807) is 62.4 Å². The van der Waals surface area contributed by atoms with Gasteiger partial charge in [-0.15, -0.1) is 0 Å². The van der Waals surface area contributed by atoms with Crippen molar-refractivity contribution >= 4 is 28.5 Å². The predicted molar refractivity (Wildman–Crippen MR) is 116 cm³/mol. The fraction of sp³-hybridized carbons (Fsp3) is 0.292. The zero-order valence-corrected chi connectivity index (χ0v) is 17.5. The van der Waals surface area contributed by atoms with Crippen molar-refractivity contribution in [3.63, 3.8) is 0 Å². The topological polar surface area (TPSA) is 88.5 Å². The Morgan fingerprint density at radius 3 is 2.55 bits per heavy atom. The van der Waals surface area contributed by atoms with E-state index in [0.717, 1.165) is 0 Å². The molecule has 6 nitrogen and oxygen atoms in total. The van der Waals surface area contributed by atoms with Gasteiger partial charge in [-0.2, -0.15) is 0 Å². The Morgan fingerprint density at radius 2 is 1.84 bits per heavy atom. The second kappa shape index (κ2) is 9.55. The number of aromatic nitrogens is 1. The molecule has 0 fully saturated rings. The number of hydrogen-bond acceptors (Lipinski definition) is 4. The molecule has 0 radical (unpaired) electrons. The van der Waals surface area contributed by atoms with Gasteiger partial charge in [0.15, 0.2) is 0 Å². The van der Waals surface area contributed by atoms with Crippen molar-refractivity contribution in [2.24, 2.45) is 5.41 Å². The summed E-state index contributed by atoms with van der Waals surface area (Å²) in [7, 11) is 0. The van der Waals surface area contributed by atoms with Crippen LogP contribution in [0.5, 0.6) is 5.75 Å². The molecule has 0 aliphatic heterocycles. The Bertz CT molecular complexity index is 1100. The molecule has 0 saturated carbocycles. The van der Waals surface area contributed by atoms with Gasteiger partial charge in [0.05, 0.1) is 11.1 Å². The van der Waals surface area contributed by atoms with Crippen LogP contribution in [0.1, 0.15) is 38.8 Å². The highest BCUT2D eigenvalue weighted by molar-refractivity contribution is 5.94. The lowest BCUT2D eigenvalue weighted by Gasteiger charge is -2.25. The number of carboxylic acids is 1. The van der Waals surface area contributed by atoms with Crippen molar-refractivity contribution in [3.05, 3.63) is 66.1 Å². The minimum Gasteiger partial charge on any atom is -0.487 e. The number of hydrogen-bond donors (Lipinski definition) is 2. The molecule has 1 heterocycles. The minimum absolute atomic E-state index is 0.104. The van der Waals surface area contributed by atoms with E-state index in [9.17, 15) is 19.1 Å². The molecule has 0 unspecified atom stereocenters. The van der Waals surface area contributed by atoms with Crippen molar-refractivity contribution in [3.8, 4) is 5.75 Å². The van der Waals surface area contributed by atoms with E-state index in [1.807, 2.05) is 0 Å². The SMILES string of the molecule is CCC(CC)(CC(=O)Nc1cccc(OCc2ccc3cccc(F)c3n2)c1)C(=O)O. The Hall–Kier alpha value is -3.48. The van der Waals surface area contributed by atoms with E-state index in [-0.39, 0.29) is 24.8 Å². The van der Waals surface area contributed by atoms with Crippen molar-refractivity contribution in [2.45, 2.75) is 39.7 Å². The van der Waals surface area contributed by atoms with Gasteiger partial charge < -0.3 is 15.2 Å². The molecule has 0 spiro atoms. The van der Waals surface area contributed by atoms with Crippen LogP contribution in [0, 0.1) is 11.2 Å². The van der Waals surface area contributed by atoms with Crippen LogP contribution in [-0.2, 0) is 16.2 Å². The van der Waals surface area contributed by atoms with Gasteiger partial charge >= 0.3 is 5.97 Å². The molecular weight excluding hydrogens is 399 g/mol. The van der Waals surface area contributed by atoms with Crippen molar-refractivity contribution in [1.29, 1.82) is 0 Å². The molecule has 2 aromatic carbocycles. The first kappa shape index (κ1) is 22.2. The standard InChI is InChI=1S/C24H25FN2O4/c1-3-24(4-2,23(29)30)14-21(28)26-17-8-6-9-19(13-17)31-15-18-12-11-16-7-5-10-20(25)22(16)27-18/h5-13H,3-4,14-15H2,1-2H3,(H,26,28)(H,29,30).